The van der Waals surface area contributed by atoms with Crippen LogP contribution < -0.4 is 11.1 Å². The molecule has 0 atom stereocenters. The van der Waals surface area contributed by atoms with Gasteiger partial charge in [0.05, 0.1) is 5.41 Å². The standard InChI is InChI=1S/C12H17ClN2O.ClH/c1-8-9(13)5-4-6-10(8)15-11(16)12(2,3)7-14;/h4-6H,7,14H2,1-3H3,(H,15,16);1H. The Kier molecular flexibility index (Phi) is 5.96. The average Bonchev–Trinajstić information content (AvgIpc) is 2.24. The first-order valence-electron chi connectivity index (χ1n) is 5.15. The van der Waals surface area contributed by atoms with Crippen molar-refractivity contribution in [3.63, 3.8) is 0 Å². The zero-order chi connectivity index (χ0) is 12.3. The molecule has 0 aliphatic rings. The summed E-state index contributed by atoms with van der Waals surface area (Å²) >= 11 is 5.97. The van der Waals surface area contributed by atoms with Gasteiger partial charge in [0.25, 0.3) is 0 Å². The summed E-state index contributed by atoms with van der Waals surface area (Å²) in [4.78, 5) is 11.9. The average molecular weight is 277 g/mol. The number of nitrogens with one attached hydrogen (secondary N) is 1. The second kappa shape index (κ2) is 6.24. The lowest BCUT2D eigenvalue weighted by atomic mass is 9.92. The summed E-state index contributed by atoms with van der Waals surface area (Å²) in [6.07, 6.45) is 0. The van der Waals surface area contributed by atoms with Crippen molar-refractivity contribution in [1.82, 2.24) is 0 Å². The number of hydrogen-bond acceptors (Lipinski definition) is 2. The van der Waals surface area contributed by atoms with E-state index in [2.05, 4.69) is 5.32 Å². The van der Waals surface area contributed by atoms with Crippen LogP contribution in [0.15, 0.2) is 18.2 Å². The molecule has 3 nitrogen and oxygen atoms in total. The SMILES string of the molecule is Cc1c(Cl)cccc1NC(=O)C(C)(C)CN.Cl. The molecule has 0 aromatic heterocycles. The maximum absolute atomic E-state index is 11.9. The Labute approximate surface area is 113 Å². The van der Waals surface area contributed by atoms with Crippen LogP contribution >= 0.6 is 24.0 Å². The smallest absolute Gasteiger partial charge is 0.231 e. The van der Waals surface area contributed by atoms with Gasteiger partial charge in [-0.2, -0.15) is 0 Å². The minimum atomic E-state index is -0.575. The molecule has 0 aliphatic heterocycles. The van der Waals surface area contributed by atoms with Crippen LogP contribution in [0.2, 0.25) is 5.02 Å². The summed E-state index contributed by atoms with van der Waals surface area (Å²) in [6, 6.07) is 5.42. The third-order valence-electron chi connectivity index (χ3n) is 2.64. The molecule has 1 amide bonds. The first-order valence-corrected chi connectivity index (χ1v) is 5.53. The molecule has 0 fully saturated rings. The molecule has 1 rings (SSSR count). The number of rotatable bonds is 3. The Balaban J connectivity index is 0.00000256. The lowest BCUT2D eigenvalue weighted by Gasteiger charge is -2.22. The Bertz CT molecular complexity index is 405. The van der Waals surface area contributed by atoms with Crippen molar-refractivity contribution in [3.05, 3.63) is 28.8 Å². The minimum Gasteiger partial charge on any atom is -0.329 e. The topological polar surface area (TPSA) is 55.1 Å². The Hall–Kier alpha value is -0.770. The Morgan fingerprint density at radius 3 is 2.59 bits per heavy atom. The summed E-state index contributed by atoms with van der Waals surface area (Å²) in [7, 11) is 0. The Morgan fingerprint density at radius 1 is 1.47 bits per heavy atom. The van der Waals surface area contributed by atoms with E-state index in [1.54, 1.807) is 12.1 Å². The maximum atomic E-state index is 11.9. The van der Waals surface area contributed by atoms with Crippen molar-refractivity contribution in [2.75, 3.05) is 11.9 Å². The van der Waals surface area contributed by atoms with Crippen LogP contribution in [0, 0.1) is 12.3 Å². The molecule has 96 valence electrons. The predicted octanol–water partition coefficient (Wildman–Crippen LogP) is 2.99. The molecule has 3 N–H and O–H groups in total. The fourth-order valence-electron chi connectivity index (χ4n) is 1.13. The molecule has 1 aromatic rings. The van der Waals surface area contributed by atoms with Crippen molar-refractivity contribution in [3.8, 4) is 0 Å². The largest absolute Gasteiger partial charge is 0.329 e. The van der Waals surface area contributed by atoms with Gasteiger partial charge in [0, 0.05) is 17.3 Å². The van der Waals surface area contributed by atoms with Crippen LogP contribution in [-0.4, -0.2) is 12.5 Å². The number of nitrogens with two attached hydrogens (primary N) is 1. The van der Waals surface area contributed by atoms with E-state index in [1.807, 2.05) is 26.8 Å². The van der Waals surface area contributed by atoms with E-state index < -0.39 is 5.41 Å². The third-order valence-corrected chi connectivity index (χ3v) is 3.05. The first kappa shape index (κ1) is 16.2. The van der Waals surface area contributed by atoms with Crippen molar-refractivity contribution >= 4 is 35.6 Å². The monoisotopic (exact) mass is 276 g/mol. The Morgan fingerprint density at radius 2 is 2.06 bits per heavy atom. The van der Waals surface area contributed by atoms with Crippen LogP contribution in [0.25, 0.3) is 0 Å². The number of benzene rings is 1. The predicted molar refractivity (Wildman–Crippen MR) is 74.9 cm³/mol. The fraction of sp³-hybridized carbons (Fsp3) is 0.417. The number of carbonyl (C=O) groups is 1. The number of amides is 1. The van der Waals surface area contributed by atoms with E-state index >= 15 is 0 Å². The third kappa shape index (κ3) is 3.87. The van der Waals surface area contributed by atoms with Crippen molar-refractivity contribution in [2.24, 2.45) is 11.1 Å². The number of hydrogen-bond donors (Lipinski definition) is 2. The van der Waals surface area contributed by atoms with Gasteiger partial charge in [-0.25, -0.2) is 0 Å². The first-order chi connectivity index (χ1) is 7.38. The minimum absolute atomic E-state index is 0. The highest BCUT2D eigenvalue weighted by Crippen LogP contribution is 2.25. The summed E-state index contributed by atoms with van der Waals surface area (Å²) in [5.41, 5.74) is 6.57. The molecule has 0 bridgehead atoms. The van der Waals surface area contributed by atoms with Crippen LogP contribution in [-0.2, 0) is 4.79 Å². The van der Waals surface area contributed by atoms with Gasteiger partial charge in [0.1, 0.15) is 0 Å². The molecule has 0 radical (unpaired) electrons. The normalized spacial score (nSPS) is 10.6. The summed E-state index contributed by atoms with van der Waals surface area (Å²) in [5, 5.41) is 3.48. The molecule has 5 heteroatoms. The maximum Gasteiger partial charge on any atom is 0.231 e. The highest BCUT2D eigenvalue weighted by Gasteiger charge is 2.26. The van der Waals surface area contributed by atoms with Gasteiger partial charge in [0.15, 0.2) is 0 Å². The summed E-state index contributed by atoms with van der Waals surface area (Å²) in [6.45, 7) is 5.79. The highest BCUT2D eigenvalue weighted by molar-refractivity contribution is 6.31. The molecule has 0 unspecified atom stereocenters. The van der Waals surface area contributed by atoms with Crippen molar-refractivity contribution in [1.29, 1.82) is 0 Å². The zero-order valence-corrected chi connectivity index (χ0v) is 11.8. The van der Waals surface area contributed by atoms with E-state index in [1.165, 1.54) is 0 Å². The zero-order valence-electron chi connectivity index (χ0n) is 10.2. The van der Waals surface area contributed by atoms with Crippen LogP contribution in [0.5, 0.6) is 0 Å². The van der Waals surface area contributed by atoms with Crippen LogP contribution in [0.4, 0.5) is 5.69 Å². The van der Waals surface area contributed by atoms with E-state index in [4.69, 9.17) is 17.3 Å². The summed E-state index contributed by atoms with van der Waals surface area (Å²) < 4.78 is 0. The van der Waals surface area contributed by atoms with Gasteiger partial charge in [-0.1, -0.05) is 17.7 Å². The van der Waals surface area contributed by atoms with Crippen LogP contribution in [0.3, 0.4) is 0 Å². The second-order valence-corrected chi connectivity index (χ2v) is 4.86. The number of anilines is 1. The quantitative estimate of drug-likeness (QED) is 0.892. The molecule has 0 spiro atoms. The molecular formula is C12H18Cl2N2O. The van der Waals surface area contributed by atoms with E-state index in [0.717, 1.165) is 11.3 Å². The molecular weight excluding hydrogens is 259 g/mol. The molecule has 17 heavy (non-hydrogen) atoms. The molecule has 0 heterocycles. The van der Waals surface area contributed by atoms with Gasteiger partial charge in [-0.15, -0.1) is 12.4 Å². The van der Waals surface area contributed by atoms with Crippen molar-refractivity contribution in [2.45, 2.75) is 20.8 Å². The number of halogens is 2. The molecule has 0 saturated carbocycles. The fourth-order valence-corrected chi connectivity index (χ4v) is 1.30. The molecule has 0 aliphatic carbocycles. The van der Waals surface area contributed by atoms with Gasteiger partial charge in [0.2, 0.25) is 5.91 Å². The summed E-state index contributed by atoms with van der Waals surface area (Å²) in [5.74, 6) is -0.0969. The van der Waals surface area contributed by atoms with E-state index in [-0.39, 0.29) is 18.3 Å². The van der Waals surface area contributed by atoms with Crippen LogP contribution in [0.1, 0.15) is 19.4 Å². The molecule has 0 saturated heterocycles. The van der Waals surface area contributed by atoms with Crippen molar-refractivity contribution < 1.29 is 4.79 Å². The molecule has 1 aromatic carbocycles. The highest BCUT2D eigenvalue weighted by atomic mass is 35.5. The lowest BCUT2D eigenvalue weighted by molar-refractivity contribution is -0.123. The van der Waals surface area contributed by atoms with E-state index in [0.29, 0.717) is 11.6 Å². The van der Waals surface area contributed by atoms with Gasteiger partial charge >= 0.3 is 0 Å². The van der Waals surface area contributed by atoms with Gasteiger partial charge < -0.3 is 11.1 Å². The van der Waals surface area contributed by atoms with Gasteiger partial charge in [-0.3, -0.25) is 4.79 Å². The lowest BCUT2D eigenvalue weighted by Crippen LogP contribution is -2.37. The van der Waals surface area contributed by atoms with E-state index in [9.17, 15) is 4.79 Å². The van der Waals surface area contributed by atoms with Gasteiger partial charge in [-0.05, 0) is 38.5 Å². The second-order valence-electron chi connectivity index (χ2n) is 4.45. The number of carbonyl (C=O) groups excluding carboxylic acids is 1.